The number of hydrogen-bond acceptors (Lipinski definition) is 3. The molecule has 1 unspecified atom stereocenters. The normalized spacial score (nSPS) is 15.1. The van der Waals surface area contributed by atoms with Crippen molar-refractivity contribution >= 4 is 22.6 Å². The highest BCUT2D eigenvalue weighted by atomic mass is 127. The molecular weight excluding hydrogens is 386 g/mol. The standard InChI is InChI=1S/C12H11F3IN3O/c1-11(20,5-19-7-17-6-18-19)9-3-2-8(16)4-10(9)12(13,14)15/h2-4,6-7,20H,5H2,1H3. The minimum absolute atomic E-state index is 0.114. The SMILES string of the molecule is CC(O)(Cn1cncn1)c1ccc(I)cc1C(F)(F)F. The van der Waals surface area contributed by atoms with Gasteiger partial charge in [-0.1, -0.05) is 6.07 Å². The van der Waals surface area contributed by atoms with E-state index in [1.54, 1.807) is 22.6 Å². The lowest BCUT2D eigenvalue weighted by Crippen LogP contribution is -2.31. The average Bonchev–Trinajstić information content (AvgIpc) is 2.79. The van der Waals surface area contributed by atoms with E-state index in [-0.39, 0.29) is 12.1 Å². The monoisotopic (exact) mass is 397 g/mol. The van der Waals surface area contributed by atoms with Crippen LogP contribution in [0.4, 0.5) is 13.2 Å². The minimum Gasteiger partial charge on any atom is -0.383 e. The summed E-state index contributed by atoms with van der Waals surface area (Å²) in [6, 6.07) is 3.84. The van der Waals surface area contributed by atoms with Crippen LogP contribution in [0.2, 0.25) is 0 Å². The van der Waals surface area contributed by atoms with Crippen LogP contribution in [0.5, 0.6) is 0 Å². The first kappa shape index (κ1) is 15.2. The second-order valence-electron chi connectivity index (χ2n) is 4.55. The van der Waals surface area contributed by atoms with Crippen LogP contribution in [-0.4, -0.2) is 19.9 Å². The topological polar surface area (TPSA) is 50.9 Å². The van der Waals surface area contributed by atoms with Crippen LogP contribution in [0.15, 0.2) is 30.9 Å². The number of rotatable bonds is 3. The molecule has 20 heavy (non-hydrogen) atoms. The lowest BCUT2D eigenvalue weighted by atomic mass is 9.91. The predicted molar refractivity (Wildman–Crippen MR) is 73.8 cm³/mol. The third-order valence-electron chi connectivity index (χ3n) is 2.80. The fourth-order valence-corrected chi connectivity index (χ4v) is 2.43. The molecule has 0 aliphatic heterocycles. The molecule has 0 aliphatic carbocycles. The molecule has 1 heterocycles. The number of nitrogens with zero attached hydrogens (tertiary/aromatic N) is 3. The van der Waals surface area contributed by atoms with Crippen molar-refractivity contribution in [3.05, 3.63) is 45.6 Å². The molecule has 0 spiro atoms. The number of alkyl halides is 3. The summed E-state index contributed by atoms with van der Waals surface area (Å²) in [6.45, 7) is 1.21. The van der Waals surface area contributed by atoms with Crippen LogP contribution in [0.1, 0.15) is 18.1 Å². The summed E-state index contributed by atoms with van der Waals surface area (Å²) in [6.07, 6.45) is -1.92. The van der Waals surface area contributed by atoms with E-state index in [2.05, 4.69) is 10.1 Å². The van der Waals surface area contributed by atoms with Crippen LogP contribution < -0.4 is 0 Å². The molecule has 1 aromatic heterocycles. The van der Waals surface area contributed by atoms with E-state index in [9.17, 15) is 18.3 Å². The first-order valence-corrected chi connectivity index (χ1v) is 6.70. The smallest absolute Gasteiger partial charge is 0.383 e. The summed E-state index contributed by atoms with van der Waals surface area (Å²) in [5, 5.41) is 14.2. The van der Waals surface area contributed by atoms with Gasteiger partial charge in [0.05, 0.1) is 12.1 Å². The molecule has 1 aromatic carbocycles. The molecule has 2 aromatic rings. The van der Waals surface area contributed by atoms with Crippen LogP contribution in [0.25, 0.3) is 0 Å². The molecule has 0 amide bonds. The molecule has 0 aliphatic rings. The van der Waals surface area contributed by atoms with Crippen molar-refractivity contribution in [2.24, 2.45) is 0 Å². The van der Waals surface area contributed by atoms with Crippen molar-refractivity contribution in [2.45, 2.75) is 25.2 Å². The van der Waals surface area contributed by atoms with Gasteiger partial charge < -0.3 is 5.11 Å². The highest BCUT2D eigenvalue weighted by Gasteiger charge is 2.39. The first-order valence-electron chi connectivity index (χ1n) is 5.62. The van der Waals surface area contributed by atoms with Crippen molar-refractivity contribution in [1.29, 1.82) is 0 Å². The minimum atomic E-state index is -4.52. The lowest BCUT2D eigenvalue weighted by molar-refractivity contribution is -0.140. The van der Waals surface area contributed by atoms with E-state index in [4.69, 9.17) is 0 Å². The average molecular weight is 397 g/mol. The second kappa shape index (κ2) is 5.32. The number of aliphatic hydroxyl groups is 1. The van der Waals surface area contributed by atoms with E-state index in [0.29, 0.717) is 3.57 Å². The number of halogens is 4. The summed E-state index contributed by atoms with van der Waals surface area (Å²) in [7, 11) is 0. The quantitative estimate of drug-likeness (QED) is 0.811. The van der Waals surface area contributed by atoms with Gasteiger partial charge in [-0.15, -0.1) is 0 Å². The Labute approximate surface area is 126 Å². The molecule has 1 N–H and O–H groups in total. The maximum Gasteiger partial charge on any atom is 0.416 e. The molecule has 0 bridgehead atoms. The Morgan fingerprint density at radius 3 is 2.55 bits per heavy atom. The fourth-order valence-electron chi connectivity index (χ4n) is 1.94. The molecule has 8 heteroatoms. The fraction of sp³-hybridized carbons (Fsp3) is 0.333. The zero-order valence-corrected chi connectivity index (χ0v) is 12.6. The maximum atomic E-state index is 13.1. The summed E-state index contributed by atoms with van der Waals surface area (Å²) in [4.78, 5) is 3.70. The molecule has 108 valence electrons. The Balaban J connectivity index is 2.45. The third-order valence-corrected chi connectivity index (χ3v) is 3.47. The Morgan fingerprint density at radius 2 is 2.00 bits per heavy atom. The van der Waals surface area contributed by atoms with Crippen molar-refractivity contribution in [3.8, 4) is 0 Å². The highest BCUT2D eigenvalue weighted by Crippen LogP contribution is 2.38. The molecule has 2 rings (SSSR count). The van der Waals surface area contributed by atoms with Crippen molar-refractivity contribution in [1.82, 2.24) is 14.8 Å². The Bertz CT molecular complexity index is 596. The predicted octanol–water partition coefficient (Wildman–Crippen LogP) is 2.81. The molecule has 0 fully saturated rings. The molecule has 1 atom stereocenters. The Kier molecular flexibility index (Phi) is 4.05. The van der Waals surface area contributed by atoms with E-state index >= 15 is 0 Å². The van der Waals surface area contributed by atoms with Crippen molar-refractivity contribution in [3.63, 3.8) is 0 Å². The maximum absolute atomic E-state index is 13.1. The van der Waals surface area contributed by atoms with Gasteiger partial charge in [0.15, 0.2) is 0 Å². The summed E-state index contributed by atoms with van der Waals surface area (Å²) >= 11 is 1.80. The number of hydrogen-bond donors (Lipinski definition) is 1. The highest BCUT2D eigenvalue weighted by molar-refractivity contribution is 14.1. The molecule has 4 nitrogen and oxygen atoms in total. The van der Waals surface area contributed by atoms with Gasteiger partial charge in [0, 0.05) is 3.57 Å². The van der Waals surface area contributed by atoms with E-state index in [1.165, 1.54) is 36.4 Å². The van der Waals surface area contributed by atoms with Crippen LogP contribution >= 0.6 is 22.6 Å². The second-order valence-corrected chi connectivity index (χ2v) is 5.80. The third kappa shape index (κ3) is 3.29. The Hall–Kier alpha value is -1.16. The van der Waals surface area contributed by atoms with E-state index in [0.717, 1.165) is 6.07 Å². The van der Waals surface area contributed by atoms with Gasteiger partial charge >= 0.3 is 6.18 Å². The van der Waals surface area contributed by atoms with Gasteiger partial charge in [0.2, 0.25) is 0 Å². The van der Waals surface area contributed by atoms with E-state index in [1.807, 2.05) is 0 Å². The van der Waals surface area contributed by atoms with Crippen LogP contribution in [0, 0.1) is 3.57 Å². The van der Waals surface area contributed by atoms with Gasteiger partial charge in [0.1, 0.15) is 18.3 Å². The largest absolute Gasteiger partial charge is 0.416 e. The van der Waals surface area contributed by atoms with Gasteiger partial charge in [0.25, 0.3) is 0 Å². The van der Waals surface area contributed by atoms with Gasteiger partial charge in [-0.2, -0.15) is 18.3 Å². The summed E-state index contributed by atoms with van der Waals surface area (Å²) in [5.41, 5.74) is -2.72. The first-order chi connectivity index (χ1) is 9.20. The van der Waals surface area contributed by atoms with Crippen LogP contribution in [-0.2, 0) is 18.3 Å². The zero-order valence-electron chi connectivity index (χ0n) is 10.4. The van der Waals surface area contributed by atoms with Crippen molar-refractivity contribution < 1.29 is 18.3 Å². The van der Waals surface area contributed by atoms with Crippen molar-refractivity contribution in [2.75, 3.05) is 0 Å². The van der Waals surface area contributed by atoms with Crippen LogP contribution in [0.3, 0.4) is 0 Å². The summed E-state index contributed by atoms with van der Waals surface area (Å²) in [5.74, 6) is 0. The van der Waals surface area contributed by atoms with Gasteiger partial charge in [-0.3, -0.25) is 0 Å². The van der Waals surface area contributed by atoms with Gasteiger partial charge in [-0.05, 0) is 47.2 Å². The molecule has 0 radical (unpaired) electrons. The molecule has 0 saturated carbocycles. The van der Waals surface area contributed by atoms with E-state index < -0.39 is 17.3 Å². The van der Waals surface area contributed by atoms with Gasteiger partial charge in [-0.25, -0.2) is 9.67 Å². The number of aromatic nitrogens is 3. The number of benzene rings is 1. The zero-order chi connectivity index (χ0) is 15.0. The Morgan fingerprint density at radius 1 is 1.30 bits per heavy atom. The summed E-state index contributed by atoms with van der Waals surface area (Å²) < 4.78 is 41.0. The lowest BCUT2D eigenvalue weighted by Gasteiger charge is -2.27. The molecular formula is C12H11F3IN3O. The molecule has 0 saturated heterocycles.